The standard InChI is InChI=1S/C27H32N8O2/c1-17-10-29-24(33-23(17)30-18-5-7-21-20(9-18)32-25(36)37-21)31-19-6-8-22(28-11-19)35-15-26(2)12-27(3,16-35)14-34(4)13-26/h5-11H,12-16H2,1-4H3,(H,32,36)(H2,29,30,31,33). The number of rotatable bonds is 5. The summed E-state index contributed by atoms with van der Waals surface area (Å²) in [5.41, 5.74) is 4.18. The third kappa shape index (κ3) is 4.76. The molecule has 2 aliphatic rings. The van der Waals surface area contributed by atoms with Crippen molar-refractivity contribution in [3.8, 4) is 0 Å². The summed E-state index contributed by atoms with van der Waals surface area (Å²) in [6.45, 7) is 11.0. The van der Waals surface area contributed by atoms with Gasteiger partial charge in [-0.3, -0.25) is 4.98 Å². The minimum atomic E-state index is -0.476. The van der Waals surface area contributed by atoms with Crippen molar-refractivity contribution in [3.05, 3.63) is 58.8 Å². The van der Waals surface area contributed by atoms with Crippen molar-refractivity contribution in [2.75, 3.05) is 48.8 Å². The van der Waals surface area contributed by atoms with Gasteiger partial charge in [0.05, 0.1) is 17.4 Å². The van der Waals surface area contributed by atoms with Gasteiger partial charge in [-0.05, 0) is 61.6 Å². The second-order valence-electron chi connectivity index (χ2n) is 11.4. The fourth-order valence-electron chi connectivity index (χ4n) is 6.42. The van der Waals surface area contributed by atoms with Crippen molar-refractivity contribution >= 4 is 40.1 Å². The van der Waals surface area contributed by atoms with Crippen molar-refractivity contribution in [1.29, 1.82) is 0 Å². The number of nitrogens with one attached hydrogen (secondary N) is 3. The highest BCUT2D eigenvalue weighted by Crippen LogP contribution is 2.45. The number of nitrogens with zero attached hydrogens (tertiary/aromatic N) is 5. The number of oxazole rings is 1. The topological polar surface area (TPSA) is 115 Å². The molecular formula is C27H32N8O2. The number of likely N-dealkylation sites (tertiary alicyclic amines) is 1. The van der Waals surface area contributed by atoms with Gasteiger partial charge in [0.2, 0.25) is 5.95 Å². The minimum Gasteiger partial charge on any atom is -0.408 e. The maximum absolute atomic E-state index is 11.4. The first-order chi connectivity index (χ1) is 17.7. The van der Waals surface area contributed by atoms with Crippen LogP contribution in [0.15, 0.2) is 51.9 Å². The van der Waals surface area contributed by atoms with E-state index in [4.69, 9.17) is 9.40 Å². The van der Waals surface area contributed by atoms with Crippen molar-refractivity contribution in [3.63, 3.8) is 0 Å². The summed E-state index contributed by atoms with van der Waals surface area (Å²) in [4.78, 5) is 32.9. The summed E-state index contributed by atoms with van der Waals surface area (Å²) in [5.74, 6) is 1.66. The number of anilines is 5. The summed E-state index contributed by atoms with van der Waals surface area (Å²) in [6, 6.07) is 9.50. The molecule has 3 N–H and O–H groups in total. The van der Waals surface area contributed by atoms with Crippen LogP contribution in [0.2, 0.25) is 0 Å². The van der Waals surface area contributed by atoms with E-state index in [1.54, 1.807) is 12.3 Å². The summed E-state index contributed by atoms with van der Waals surface area (Å²) in [6.07, 6.45) is 4.87. The average molecular weight is 501 g/mol. The van der Waals surface area contributed by atoms with Crippen LogP contribution >= 0.6 is 0 Å². The first-order valence-electron chi connectivity index (χ1n) is 12.6. The van der Waals surface area contributed by atoms with Gasteiger partial charge in [0.15, 0.2) is 5.58 Å². The highest BCUT2D eigenvalue weighted by atomic mass is 16.4. The van der Waals surface area contributed by atoms with Crippen LogP contribution in [0.5, 0.6) is 0 Å². The van der Waals surface area contributed by atoms with E-state index < -0.39 is 5.76 Å². The fraction of sp³-hybridized carbons (Fsp3) is 0.407. The number of aryl methyl sites for hydroxylation is 1. The first-order valence-corrected chi connectivity index (χ1v) is 12.6. The molecule has 0 radical (unpaired) electrons. The number of piperidine rings is 2. The smallest absolute Gasteiger partial charge is 0.408 e. The van der Waals surface area contributed by atoms with Gasteiger partial charge in [-0.1, -0.05) is 13.8 Å². The Morgan fingerprint density at radius 1 is 0.973 bits per heavy atom. The predicted octanol–water partition coefficient (Wildman–Crippen LogP) is 4.27. The van der Waals surface area contributed by atoms with E-state index in [0.29, 0.717) is 22.9 Å². The molecule has 0 aliphatic carbocycles. The van der Waals surface area contributed by atoms with E-state index in [1.807, 2.05) is 31.3 Å². The molecule has 6 rings (SSSR count). The van der Waals surface area contributed by atoms with Crippen LogP contribution in [-0.4, -0.2) is 58.1 Å². The number of fused-ring (bicyclic) bond motifs is 3. The molecule has 2 bridgehead atoms. The number of H-pyrrole nitrogens is 1. The number of hydrogen-bond acceptors (Lipinski definition) is 9. The molecule has 0 spiro atoms. The van der Waals surface area contributed by atoms with Crippen LogP contribution in [0.3, 0.4) is 0 Å². The SMILES string of the molecule is Cc1cnc(Nc2ccc(N3CC4(C)CN(C)CC(C)(C3)C4)nc2)nc1Nc1ccc2oc(=O)[nH]c2c1. The van der Waals surface area contributed by atoms with Gasteiger partial charge in [-0.15, -0.1) is 0 Å². The Labute approximate surface area is 215 Å². The lowest BCUT2D eigenvalue weighted by Crippen LogP contribution is -2.61. The summed E-state index contributed by atoms with van der Waals surface area (Å²) in [7, 11) is 2.23. The molecule has 4 aromatic rings. The lowest BCUT2D eigenvalue weighted by atomic mass is 9.65. The molecule has 192 valence electrons. The molecule has 0 amide bonds. The Balaban J connectivity index is 1.17. The Kier molecular flexibility index (Phi) is 5.45. The van der Waals surface area contributed by atoms with Crippen LogP contribution in [0.25, 0.3) is 11.1 Å². The van der Waals surface area contributed by atoms with Gasteiger partial charge in [-0.25, -0.2) is 14.8 Å². The molecule has 3 aromatic heterocycles. The highest BCUT2D eigenvalue weighted by Gasteiger charge is 2.47. The van der Waals surface area contributed by atoms with Gasteiger partial charge in [-0.2, -0.15) is 4.98 Å². The monoisotopic (exact) mass is 500 g/mol. The van der Waals surface area contributed by atoms with Crippen molar-refractivity contribution in [2.45, 2.75) is 27.2 Å². The third-order valence-corrected chi connectivity index (χ3v) is 7.28. The van der Waals surface area contributed by atoms with Crippen LogP contribution in [0.4, 0.5) is 29.0 Å². The van der Waals surface area contributed by atoms with Crippen molar-refractivity contribution in [1.82, 2.24) is 24.8 Å². The van der Waals surface area contributed by atoms with Gasteiger partial charge < -0.3 is 24.9 Å². The van der Waals surface area contributed by atoms with Crippen LogP contribution < -0.4 is 21.3 Å². The largest absolute Gasteiger partial charge is 0.417 e. The highest BCUT2D eigenvalue weighted by molar-refractivity contribution is 5.78. The molecule has 2 fully saturated rings. The molecule has 37 heavy (non-hydrogen) atoms. The summed E-state index contributed by atoms with van der Waals surface area (Å²) in [5, 5.41) is 6.57. The lowest BCUT2D eigenvalue weighted by molar-refractivity contribution is 0.00507. The number of aromatic amines is 1. The molecule has 2 atom stereocenters. The second-order valence-corrected chi connectivity index (χ2v) is 11.4. The number of benzene rings is 1. The molecule has 2 unspecified atom stereocenters. The maximum Gasteiger partial charge on any atom is 0.417 e. The quantitative estimate of drug-likeness (QED) is 0.369. The predicted molar refractivity (Wildman–Crippen MR) is 145 cm³/mol. The average Bonchev–Trinajstić information content (AvgIpc) is 3.19. The molecule has 2 aliphatic heterocycles. The van der Waals surface area contributed by atoms with Crippen molar-refractivity contribution < 1.29 is 4.42 Å². The summed E-state index contributed by atoms with van der Waals surface area (Å²) < 4.78 is 5.08. The van der Waals surface area contributed by atoms with Gasteiger partial charge >= 0.3 is 5.76 Å². The van der Waals surface area contributed by atoms with Gasteiger partial charge in [0, 0.05) is 43.6 Å². The van der Waals surface area contributed by atoms with E-state index in [2.05, 4.69) is 62.3 Å². The fourth-order valence-corrected chi connectivity index (χ4v) is 6.42. The van der Waals surface area contributed by atoms with Crippen molar-refractivity contribution in [2.24, 2.45) is 10.8 Å². The molecule has 2 saturated heterocycles. The zero-order chi connectivity index (χ0) is 25.8. The van der Waals surface area contributed by atoms with E-state index in [1.165, 1.54) is 6.42 Å². The van der Waals surface area contributed by atoms with E-state index in [9.17, 15) is 4.79 Å². The van der Waals surface area contributed by atoms with Crippen LogP contribution in [0.1, 0.15) is 25.8 Å². The number of aromatic nitrogens is 4. The Morgan fingerprint density at radius 3 is 2.46 bits per heavy atom. The molecular weight excluding hydrogens is 468 g/mol. The van der Waals surface area contributed by atoms with Gasteiger partial charge in [0.25, 0.3) is 0 Å². The van der Waals surface area contributed by atoms with Crippen LogP contribution in [-0.2, 0) is 0 Å². The molecule has 1 aromatic carbocycles. The van der Waals surface area contributed by atoms with E-state index in [0.717, 1.165) is 48.9 Å². The molecule has 10 nitrogen and oxygen atoms in total. The number of pyridine rings is 1. The Hall–Kier alpha value is -3.92. The Bertz CT molecular complexity index is 1490. The first kappa shape index (κ1) is 23.5. The normalized spacial score (nSPS) is 23.8. The molecule has 10 heteroatoms. The minimum absolute atomic E-state index is 0.273. The zero-order valence-electron chi connectivity index (χ0n) is 21.6. The van der Waals surface area contributed by atoms with E-state index in [-0.39, 0.29) is 10.8 Å². The zero-order valence-corrected chi connectivity index (χ0v) is 21.6. The lowest BCUT2D eigenvalue weighted by Gasteiger charge is -2.56. The maximum atomic E-state index is 11.4. The summed E-state index contributed by atoms with van der Waals surface area (Å²) >= 11 is 0. The van der Waals surface area contributed by atoms with Gasteiger partial charge in [0.1, 0.15) is 11.6 Å². The van der Waals surface area contributed by atoms with E-state index >= 15 is 0 Å². The Morgan fingerprint density at radius 2 is 1.73 bits per heavy atom. The molecule has 0 saturated carbocycles. The van der Waals surface area contributed by atoms with Crippen LogP contribution in [0, 0.1) is 17.8 Å². The second kappa shape index (κ2) is 8.58. The number of hydrogen-bond donors (Lipinski definition) is 3. The third-order valence-electron chi connectivity index (χ3n) is 7.28. The molecule has 5 heterocycles.